The van der Waals surface area contributed by atoms with Crippen LogP contribution in [0.15, 0.2) is 48.5 Å². The van der Waals surface area contributed by atoms with E-state index >= 15 is 0 Å². The zero-order valence-corrected chi connectivity index (χ0v) is 17.1. The first-order valence-electron chi connectivity index (χ1n) is 9.31. The molecule has 0 aliphatic heterocycles. The summed E-state index contributed by atoms with van der Waals surface area (Å²) in [5, 5.41) is 0. The van der Waals surface area contributed by atoms with Crippen LogP contribution in [0.5, 0.6) is 0 Å². The molecule has 0 heterocycles. The fraction of sp³-hybridized carbons (Fsp3) is 0.280. The predicted molar refractivity (Wildman–Crippen MR) is 114 cm³/mol. The van der Waals surface area contributed by atoms with Crippen molar-refractivity contribution in [3.63, 3.8) is 0 Å². The largest absolute Gasteiger partial charge is 0.310 e. The Balaban J connectivity index is 2.32. The molecule has 0 aromatic heterocycles. The molecule has 3 aromatic carbocycles. The van der Waals surface area contributed by atoms with Gasteiger partial charge in [-0.3, -0.25) is 0 Å². The van der Waals surface area contributed by atoms with Gasteiger partial charge in [0, 0.05) is 11.4 Å². The third-order valence-corrected chi connectivity index (χ3v) is 5.77. The molecule has 0 N–H and O–H groups in total. The summed E-state index contributed by atoms with van der Waals surface area (Å²) < 4.78 is 0. The van der Waals surface area contributed by atoms with Crippen LogP contribution in [0.1, 0.15) is 38.9 Å². The molecule has 3 aromatic rings. The fourth-order valence-electron chi connectivity index (χ4n) is 3.61. The maximum absolute atomic E-state index is 2.41. The second kappa shape index (κ2) is 6.99. The van der Waals surface area contributed by atoms with Gasteiger partial charge in [0.15, 0.2) is 0 Å². The van der Waals surface area contributed by atoms with Crippen LogP contribution >= 0.6 is 0 Å². The molecule has 3 rings (SSSR count). The quantitative estimate of drug-likeness (QED) is 0.481. The summed E-state index contributed by atoms with van der Waals surface area (Å²) in [4.78, 5) is 2.41. The molecule has 0 amide bonds. The van der Waals surface area contributed by atoms with Crippen molar-refractivity contribution in [2.45, 2.75) is 48.5 Å². The Bertz CT molecular complexity index is 857. The van der Waals surface area contributed by atoms with Crippen molar-refractivity contribution in [2.24, 2.45) is 0 Å². The van der Waals surface area contributed by atoms with Gasteiger partial charge in [0.2, 0.25) is 0 Å². The van der Waals surface area contributed by atoms with E-state index in [-0.39, 0.29) is 0 Å². The van der Waals surface area contributed by atoms with Gasteiger partial charge in [-0.1, -0.05) is 35.4 Å². The molecule has 0 saturated heterocycles. The lowest BCUT2D eigenvalue weighted by Gasteiger charge is -2.31. The normalized spacial score (nSPS) is 10.9. The molecule has 0 saturated carbocycles. The molecule has 134 valence electrons. The maximum Gasteiger partial charge on any atom is 0.0525 e. The lowest BCUT2D eigenvalue weighted by molar-refractivity contribution is 1.13. The van der Waals surface area contributed by atoms with E-state index in [2.05, 4.69) is 102 Å². The Kier molecular flexibility index (Phi) is 4.91. The van der Waals surface area contributed by atoms with Gasteiger partial charge in [0.25, 0.3) is 0 Å². The van der Waals surface area contributed by atoms with Crippen molar-refractivity contribution in [1.82, 2.24) is 0 Å². The van der Waals surface area contributed by atoms with E-state index in [0.717, 1.165) is 0 Å². The van der Waals surface area contributed by atoms with E-state index in [1.165, 1.54) is 56.0 Å². The number of rotatable bonds is 3. The molecular weight excluding hydrogens is 314 g/mol. The molecule has 1 heteroatoms. The van der Waals surface area contributed by atoms with Gasteiger partial charge in [-0.05, 0) is 101 Å². The highest BCUT2D eigenvalue weighted by atomic mass is 15.1. The van der Waals surface area contributed by atoms with Gasteiger partial charge in [-0.25, -0.2) is 0 Å². The number of nitrogens with zero attached hydrogens (tertiary/aromatic N) is 1. The summed E-state index contributed by atoms with van der Waals surface area (Å²) in [6.45, 7) is 15.5. The van der Waals surface area contributed by atoms with Gasteiger partial charge in [0.05, 0.1) is 5.69 Å². The third kappa shape index (κ3) is 3.14. The summed E-state index contributed by atoms with van der Waals surface area (Å²) in [5.41, 5.74) is 13.1. The average Bonchev–Trinajstić information content (AvgIpc) is 2.64. The molecule has 0 radical (unpaired) electrons. The van der Waals surface area contributed by atoms with Crippen LogP contribution < -0.4 is 4.90 Å². The van der Waals surface area contributed by atoms with E-state index in [4.69, 9.17) is 0 Å². The van der Waals surface area contributed by atoms with Crippen molar-refractivity contribution in [1.29, 1.82) is 0 Å². The molecule has 0 aliphatic carbocycles. The van der Waals surface area contributed by atoms with Crippen LogP contribution in [-0.4, -0.2) is 0 Å². The van der Waals surface area contributed by atoms with Crippen LogP contribution in [0, 0.1) is 48.5 Å². The molecule has 26 heavy (non-hydrogen) atoms. The number of aryl methyl sites for hydroxylation is 2. The summed E-state index contributed by atoms with van der Waals surface area (Å²) in [7, 11) is 0. The first-order chi connectivity index (χ1) is 12.3. The van der Waals surface area contributed by atoms with E-state index in [0.29, 0.717) is 0 Å². The fourth-order valence-corrected chi connectivity index (χ4v) is 3.61. The summed E-state index contributed by atoms with van der Waals surface area (Å²) in [6, 6.07) is 17.6. The molecule has 0 spiro atoms. The van der Waals surface area contributed by atoms with Gasteiger partial charge in [-0.2, -0.15) is 0 Å². The van der Waals surface area contributed by atoms with Crippen molar-refractivity contribution >= 4 is 17.1 Å². The summed E-state index contributed by atoms with van der Waals surface area (Å²) >= 11 is 0. The molecule has 0 unspecified atom stereocenters. The minimum atomic E-state index is 1.20. The second-order valence-corrected chi connectivity index (χ2v) is 7.48. The summed E-state index contributed by atoms with van der Waals surface area (Å²) in [6.07, 6.45) is 0. The molecule has 0 bridgehead atoms. The smallest absolute Gasteiger partial charge is 0.0525 e. The lowest BCUT2D eigenvalue weighted by Crippen LogP contribution is -2.15. The topological polar surface area (TPSA) is 3.24 Å². The van der Waals surface area contributed by atoms with Crippen LogP contribution in [0.4, 0.5) is 17.1 Å². The Morgan fingerprint density at radius 2 is 0.731 bits per heavy atom. The molecule has 0 atom stereocenters. The zero-order chi connectivity index (χ0) is 19.0. The monoisotopic (exact) mass is 343 g/mol. The number of anilines is 3. The van der Waals surface area contributed by atoms with E-state index in [1.54, 1.807) is 0 Å². The highest BCUT2D eigenvalue weighted by molar-refractivity contribution is 5.82. The minimum Gasteiger partial charge on any atom is -0.310 e. The predicted octanol–water partition coefficient (Wildman–Crippen LogP) is 7.32. The van der Waals surface area contributed by atoms with Crippen molar-refractivity contribution in [3.05, 3.63) is 87.5 Å². The number of hydrogen-bond acceptors (Lipinski definition) is 1. The standard InChI is InChI=1S/C25H29N/c1-16-8-12-23(13-9-16)26(24-14-10-17(2)11-15-24)25-21(6)19(4)18(3)20(5)22(25)7/h8-15H,1-7H3. The molecule has 0 fully saturated rings. The van der Waals surface area contributed by atoms with E-state index in [9.17, 15) is 0 Å². The average molecular weight is 344 g/mol. The molecule has 0 aliphatic rings. The van der Waals surface area contributed by atoms with Gasteiger partial charge >= 0.3 is 0 Å². The number of benzene rings is 3. The van der Waals surface area contributed by atoms with Crippen molar-refractivity contribution in [3.8, 4) is 0 Å². The van der Waals surface area contributed by atoms with Crippen LogP contribution in [0.3, 0.4) is 0 Å². The third-order valence-electron chi connectivity index (χ3n) is 5.77. The van der Waals surface area contributed by atoms with Crippen molar-refractivity contribution < 1.29 is 0 Å². The van der Waals surface area contributed by atoms with Crippen LogP contribution in [0.25, 0.3) is 0 Å². The van der Waals surface area contributed by atoms with Gasteiger partial charge in [-0.15, -0.1) is 0 Å². The molecular formula is C25H29N. The lowest BCUT2D eigenvalue weighted by atomic mass is 9.91. The Labute approximate surface area is 158 Å². The zero-order valence-electron chi connectivity index (χ0n) is 17.1. The highest BCUT2D eigenvalue weighted by Crippen LogP contribution is 2.41. The summed E-state index contributed by atoms with van der Waals surface area (Å²) in [5.74, 6) is 0. The van der Waals surface area contributed by atoms with E-state index < -0.39 is 0 Å². The van der Waals surface area contributed by atoms with Crippen LogP contribution in [-0.2, 0) is 0 Å². The second-order valence-electron chi connectivity index (χ2n) is 7.48. The van der Waals surface area contributed by atoms with Gasteiger partial charge in [0.1, 0.15) is 0 Å². The van der Waals surface area contributed by atoms with Gasteiger partial charge < -0.3 is 4.90 Å². The Morgan fingerprint density at radius 1 is 0.423 bits per heavy atom. The SMILES string of the molecule is Cc1ccc(N(c2ccc(C)cc2)c2c(C)c(C)c(C)c(C)c2C)cc1. The molecule has 1 nitrogen and oxygen atoms in total. The Hall–Kier alpha value is -2.54. The maximum atomic E-state index is 2.41. The highest BCUT2D eigenvalue weighted by Gasteiger charge is 2.20. The first-order valence-corrected chi connectivity index (χ1v) is 9.31. The Morgan fingerprint density at radius 3 is 1.08 bits per heavy atom. The number of hydrogen-bond donors (Lipinski definition) is 0. The van der Waals surface area contributed by atoms with E-state index in [1.807, 2.05) is 0 Å². The minimum absolute atomic E-state index is 1.20. The van der Waals surface area contributed by atoms with Crippen molar-refractivity contribution in [2.75, 3.05) is 4.90 Å². The first kappa shape index (κ1) is 18.3. The van der Waals surface area contributed by atoms with Crippen LogP contribution in [0.2, 0.25) is 0 Å².